The van der Waals surface area contributed by atoms with Crippen LogP contribution in [0.3, 0.4) is 0 Å². The molecule has 0 saturated carbocycles. The fraction of sp³-hybridized carbons (Fsp3) is 0.462. The van der Waals surface area contributed by atoms with Crippen LogP contribution >= 0.6 is 0 Å². The molecule has 3 N–H and O–H groups in total. The van der Waals surface area contributed by atoms with Crippen molar-refractivity contribution in [2.24, 2.45) is 5.92 Å². The number of amides is 1. The zero-order valence-corrected chi connectivity index (χ0v) is 10.5. The van der Waals surface area contributed by atoms with Gasteiger partial charge in [0.05, 0.1) is 6.10 Å². The Kier molecular flexibility index (Phi) is 4.97. The van der Waals surface area contributed by atoms with Crippen LogP contribution in [0.2, 0.25) is 0 Å². The smallest absolute Gasteiger partial charge is 0.221 e. The highest BCUT2D eigenvalue weighted by Crippen LogP contribution is 2.15. The highest BCUT2D eigenvalue weighted by atomic mass is 16.3. The van der Waals surface area contributed by atoms with Crippen molar-refractivity contribution in [1.82, 2.24) is 0 Å². The summed E-state index contributed by atoms with van der Waals surface area (Å²) in [6.07, 6.45) is -0.376. The predicted octanol–water partition coefficient (Wildman–Crippen LogP) is 2.07. The summed E-state index contributed by atoms with van der Waals surface area (Å²) in [5, 5.41) is 15.5. The first-order valence-electron chi connectivity index (χ1n) is 5.78. The highest BCUT2D eigenvalue weighted by Gasteiger charge is 2.08. The Morgan fingerprint density at radius 1 is 1.35 bits per heavy atom. The molecule has 0 fully saturated rings. The zero-order valence-electron chi connectivity index (χ0n) is 10.5. The summed E-state index contributed by atoms with van der Waals surface area (Å²) in [5.74, 6) is 0.130. The van der Waals surface area contributed by atoms with E-state index in [1.54, 1.807) is 0 Å². The third-order valence-corrected chi connectivity index (χ3v) is 2.47. The van der Waals surface area contributed by atoms with E-state index in [2.05, 4.69) is 10.6 Å². The number of hydrogen-bond donors (Lipinski definition) is 3. The third-order valence-electron chi connectivity index (χ3n) is 2.47. The summed E-state index contributed by atoms with van der Waals surface area (Å²) < 4.78 is 0. The van der Waals surface area contributed by atoms with E-state index in [0.29, 0.717) is 6.54 Å². The third kappa shape index (κ3) is 4.87. The molecule has 17 heavy (non-hydrogen) atoms. The summed E-state index contributed by atoms with van der Waals surface area (Å²) in [6, 6.07) is 7.42. The van der Waals surface area contributed by atoms with Crippen molar-refractivity contribution in [2.75, 3.05) is 17.2 Å². The second kappa shape index (κ2) is 6.25. The highest BCUT2D eigenvalue weighted by molar-refractivity contribution is 5.89. The Morgan fingerprint density at radius 2 is 2.00 bits per heavy atom. The van der Waals surface area contributed by atoms with Crippen molar-refractivity contribution in [1.29, 1.82) is 0 Å². The number of nitrogens with one attached hydrogen (secondary N) is 2. The Hall–Kier alpha value is -1.55. The number of carbonyl (C=O) groups is 1. The summed E-state index contributed by atoms with van der Waals surface area (Å²) in [4.78, 5) is 10.9. The van der Waals surface area contributed by atoms with Gasteiger partial charge >= 0.3 is 0 Å². The van der Waals surface area contributed by atoms with Crippen LogP contribution in [0.4, 0.5) is 11.4 Å². The van der Waals surface area contributed by atoms with Gasteiger partial charge in [0.15, 0.2) is 0 Å². The van der Waals surface area contributed by atoms with Gasteiger partial charge in [-0.3, -0.25) is 4.79 Å². The molecular weight excluding hydrogens is 216 g/mol. The molecule has 1 aromatic carbocycles. The van der Waals surface area contributed by atoms with Gasteiger partial charge in [0, 0.05) is 24.8 Å². The molecule has 0 bridgehead atoms. The molecule has 4 nitrogen and oxygen atoms in total. The largest absolute Gasteiger partial charge is 0.391 e. The van der Waals surface area contributed by atoms with Gasteiger partial charge in [-0.25, -0.2) is 0 Å². The average molecular weight is 236 g/mol. The maximum atomic E-state index is 10.9. The monoisotopic (exact) mass is 236 g/mol. The minimum Gasteiger partial charge on any atom is -0.391 e. The molecule has 0 aliphatic carbocycles. The minimum absolute atomic E-state index is 0.0932. The van der Waals surface area contributed by atoms with Gasteiger partial charge in [-0.1, -0.05) is 19.9 Å². The number of rotatable bonds is 5. The van der Waals surface area contributed by atoms with Crippen LogP contribution in [-0.2, 0) is 4.79 Å². The molecule has 1 unspecified atom stereocenters. The summed E-state index contributed by atoms with van der Waals surface area (Å²) in [5.41, 5.74) is 1.64. The Morgan fingerprint density at radius 3 is 2.59 bits per heavy atom. The number of aliphatic hydroxyl groups is 1. The summed E-state index contributed by atoms with van der Waals surface area (Å²) in [7, 11) is 0. The second-order valence-corrected chi connectivity index (χ2v) is 4.45. The first-order valence-corrected chi connectivity index (χ1v) is 5.78. The van der Waals surface area contributed by atoms with Crippen LogP contribution in [0.5, 0.6) is 0 Å². The molecule has 0 aromatic heterocycles. The fourth-order valence-corrected chi connectivity index (χ4v) is 1.37. The molecule has 1 rings (SSSR count). The zero-order chi connectivity index (χ0) is 12.8. The van der Waals surface area contributed by atoms with Gasteiger partial charge in [-0.15, -0.1) is 0 Å². The SMILES string of the molecule is CC(=O)Nc1cccc(NCC(O)C(C)C)c1. The Balaban J connectivity index is 2.56. The van der Waals surface area contributed by atoms with Crippen molar-refractivity contribution >= 4 is 17.3 Å². The molecule has 0 saturated heterocycles. The van der Waals surface area contributed by atoms with Crippen LogP contribution in [0.25, 0.3) is 0 Å². The van der Waals surface area contributed by atoms with Gasteiger partial charge < -0.3 is 15.7 Å². The van der Waals surface area contributed by atoms with Crippen molar-refractivity contribution in [3.63, 3.8) is 0 Å². The van der Waals surface area contributed by atoms with E-state index in [1.807, 2.05) is 38.1 Å². The van der Waals surface area contributed by atoms with Crippen molar-refractivity contribution in [3.8, 4) is 0 Å². The van der Waals surface area contributed by atoms with Gasteiger partial charge in [0.1, 0.15) is 0 Å². The van der Waals surface area contributed by atoms with Gasteiger partial charge in [-0.2, -0.15) is 0 Å². The van der Waals surface area contributed by atoms with Gasteiger partial charge in [-0.05, 0) is 24.1 Å². The van der Waals surface area contributed by atoms with Gasteiger partial charge in [0.25, 0.3) is 0 Å². The van der Waals surface area contributed by atoms with E-state index in [1.165, 1.54) is 6.92 Å². The summed E-state index contributed by atoms with van der Waals surface area (Å²) in [6.45, 7) is 5.92. The van der Waals surface area contributed by atoms with Crippen LogP contribution in [0.1, 0.15) is 20.8 Å². The molecule has 4 heteroatoms. The van der Waals surface area contributed by atoms with Crippen LogP contribution in [0.15, 0.2) is 24.3 Å². The number of benzene rings is 1. The topological polar surface area (TPSA) is 61.4 Å². The number of anilines is 2. The first kappa shape index (κ1) is 13.5. The lowest BCUT2D eigenvalue weighted by atomic mass is 10.1. The predicted molar refractivity (Wildman–Crippen MR) is 70.1 cm³/mol. The number of hydrogen-bond acceptors (Lipinski definition) is 3. The second-order valence-electron chi connectivity index (χ2n) is 4.45. The Bertz CT molecular complexity index is 377. The van der Waals surface area contributed by atoms with E-state index >= 15 is 0 Å². The molecule has 1 atom stereocenters. The standard InChI is InChI=1S/C13H20N2O2/c1-9(2)13(17)8-14-11-5-4-6-12(7-11)15-10(3)16/h4-7,9,13-14,17H,8H2,1-3H3,(H,15,16). The van der Waals surface area contributed by atoms with Crippen LogP contribution < -0.4 is 10.6 Å². The van der Waals surface area contributed by atoms with Gasteiger partial charge in [0.2, 0.25) is 5.91 Å². The number of carbonyl (C=O) groups excluding carboxylic acids is 1. The minimum atomic E-state index is -0.376. The van der Waals surface area contributed by atoms with E-state index < -0.39 is 0 Å². The fourth-order valence-electron chi connectivity index (χ4n) is 1.37. The quantitative estimate of drug-likeness (QED) is 0.733. The van der Waals surface area contributed by atoms with E-state index in [0.717, 1.165) is 11.4 Å². The van der Waals surface area contributed by atoms with Crippen LogP contribution in [-0.4, -0.2) is 23.7 Å². The average Bonchev–Trinajstić information content (AvgIpc) is 2.25. The maximum absolute atomic E-state index is 10.9. The normalized spacial score (nSPS) is 12.3. The molecular formula is C13H20N2O2. The molecule has 0 spiro atoms. The van der Waals surface area contributed by atoms with E-state index in [-0.39, 0.29) is 17.9 Å². The molecule has 0 radical (unpaired) electrons. The first-order chi connectivity index (χ1) is 7.99. The van der Waals surface area contributed by atoms with E-state index in [4.69, 9.17) is 0 Å². The molecule has 0 aliphatic rings. The van der Waals surface area contributed by atoms with Crippen molar-refractivity contribution in [2.45, 2.75) is 26.9 Å². The lowest BCUT2D eigenvalue weighted by molar-refractivity contribution is -0.114. The lowest BCUT2D eigenvalue weighted by Gasteiger charge is -2.16. The Labute approximate surface area is 102 Å². The van der Waals surface area contributed by atoms with Crippen LogP contribution in [0, 0.1) is 5.92 Å². The summed E-state index contributed by atoms with van der Waals surface area (Å²) >= 11 is 0. The molecule has 1 aromatic rings. The van der Waals surface area contributed by atoms with Crippen molar-refractivity contribution < 1.29 is 9.90 Å². The maximum Gasteiger partial charge on any atom is 0.221 e. The van der Waals surface area contributed by atoms with E-state index in [9.17, 15) is 9.90 Å². The van der Waals surface area contributed by atoms with Crippen molar-refractivity contribution in [3.05, 3.63) is 24.3 Å². The molecule has 1 amide bonds. The molecule has 0 aliphatic heterocycles. The number of aliphatic hydroxyl groups excluding tert-OH is 1. The molecule has 0 heterocycles. The molecule has 94 valence electrons. The lowest BCUT2D eigenvalue weighted by Crippen LogP contribution is -2.24.